The first-order valence-corrected chi connectivity index (χ1v) is 5.15. The maximum Gasteiger partial charge on any atom is 0.180 e. The summed E-state index contributed by atoms with van der Waals surface area (Å²) in [5.41, 5.74) is 1.29. The summed E-state index contributed by atoms with van der Waals surface area (Å²) in [4.78, 5) is 14.1. The van der Waals surface area contributed by atoms with Crippen LogP contribution in [0.1, 0.15) is 5.82 Å². The van der Waals surface area contributed by atoms with E-state index in [0.717, 1.165) is 5.52 Å². The number of alkyl halides is 2. The van der Waals surface area contributed by atoms with E-state index in [-0.39, 0.29) is 6.42 Å². The third-order valence-corrected chi connectivity index (χ3v) is 2.49. The van der Waals surface area contributed by atoms with Gasteiger partial charge in [0.25, 0.3) is 0 Å². The van der Waals surface area contributed by atoms with Crippen molar-refractivity contribution in [1.29, 1.82) is 0 Å². The molecule has 2 heterocycles. The lowest BCUT2D eigenvalue weighted by Gasteiger charge is -2.07. The van der Waals surface area contributed by atoms with Gasteiger partial charge in [0, 0.05) is 6.42 Å². The van der Waals surface area contributed by atoms with Crippen molar-refractivity contribution < 1.29 is 5.11 Å². The van der Waals surface area contributed by atoms with E-state index in [1.54, 1.807) is 6.20 Å². The number of aliphatic hydroxyl groups excluding tert-OH is 1. The van der Waals surface area contributed by atoms with Crippen LogP contribution in [0.25, 0.3) is 11.2 Å². The molecular weight excluding hydrogens is 239 g/mol. The van der Waals surface area contributed by atoms with E-state index in [0.29, 0.717) is 11.5 Å². The highest BCUT2D eigenvalue weighted by Gasteiger charge is 2.16. The van der Waals surface area contributed by atoms with E-state index in [4.69, 9.17) is 23.2 Å². The third-order valence-electron chi connectivity index (χ3n) is 1.90. The quantitative estimate of drug-likeness (QED) is 0.795. The van der Waals surface area contributed by atoms with Crippen molar-refractivity contribution in [3.05, 3.63) is 18.3 Å². The Bertz CT molecular complexity index is 426. The molecule has 80 valence electrons. The molecule has 7 heteroatoms. The highest BCUT2D eigenvalue weighted by atomic mass is 35.5. The summed E-state index contributed by atoms with van der Waals surface area (Å²) >= 11 is 11.0. The Hall–Kier alpha value is -0.910. The second-order valence-electron chi connectivity index (χ2n) is 3.05. The van der Waals surface area contributed by atoms with E-state index in [9.17, 15) is 5.11 Å². The van der Waals surface area contributed by atoms with Gasteiger partial charge in [0.15, 0.2) is 5.65 Å². The summed E-state index contributed by atoms with van der Waals surface area (Å²) in [6, 6.07) is 0. The summed E-state index contributed by atoms with van der Waals surface area (Å²) in [5, 5.41) is 9.45. The fourth-order valence-electron chi connectivity index (χ4n) is 1.20. The number of aromatic amines is 1. The van der Waals surface area contributed by atoms with Gasteiger partial charge in [0.2, 0.25) is 0 Å². The van der Waals surface area contributed by atoms with Gasteiger partial charge in [0.05, 0.1) is 12.3 Å². The molecule has 15 heavy (non-hydrogen) atoms. The second kappa shape index (κ2) is 4.30. The largest absolute Gasteiger partial charge is 0.390 e. The van der Waals surface area contributed by atoms with Crippen molar-refractivity contribution in [2.75, 3.05) is 0 Å². The normalized spacial score (nSPS) is 13.6. The van der Waals surface area contributed by atoms with Crippen molar-refractivity contribution in [1.82, 2.24) is 19.9 Å². The van der Waals surface area contributed by atoms with Crippen LogP contribution in [0.15, 0.2) is 12.5 Å². The maximum atomic E-state index is 9.45. The minimum absolute atomic E-state index is 0.258. The SMILES string of the molecule is OC(Cc1nc2ncncc2[nH]1)C(Cl)Cl. The van der Waals surface area contributed by atoms with E-state index in [1.807, 2.05) is 0 Å². The van der Waals surface area contributed by atoms with Crippen LogP contribution in [0.3, 0.4) is 0 Å². The Morgan fingerprint density at radius 2 is 2.27 bits per heavy atom. The monoisotopic (exact) mass is 246 g/mol. The highest BCUT2D eigenvalue weighted by molar-refractivity contribution is 6.44. The number of nitrogens with one attached hydrogen (secondary N) is 1. The topological polar surface area (TPSA) is 74.7 Å². The highest BCUT2D eigenvalue weighted by Crippen LogP contribution is 2.13. The van der Waals surface area contributed by atoms with Gasteiger partial charge in [-0.05, 0) is 0 Å². The lowest BCUT2D eigenvalue weighted by Crippen LogP contribution is -2.19. The van der Waals surface area contributed by atoms with Crippen LogP contribution < -0.4 is 0 Å². The number of halogens is 2. The predicted molar refractivity (Wildman–Crippen MR) is 56.9 cm³/mol. The summed E-state index contributed by atoms with van der Waals surface area (Å²) < 4.78 is 0. The third kappa shape index (κ3) is 2.37. The van der Waals surface area contributed by atoms with Gasteiger partial charge in [-0.2, -0.15) is 0 Å². The number of aliphatic hydroxyl groups is 1. The van der Waals surface area contributed by atoms with Gasteiger partial charge in [-0.15, -0.1) is 23.2 Å². The number of aromatic nitrogens is 4. The Kier molecular flexibility index (Phi) is 3.04. The molecule has 0 radical (unpaired) electrons. The number of imidazole rings is 1. The van der Waals surface area contributed by atoms with E-state index < -0.39 is 10.9 Å². The van der Waals surface area contributed by atoms with E-state index >= 15 is 0 Å². The van der Waals surface area contributed by atoms with E-state index in [2.05, 4.69) is 19.9 Å². The molecule has 1 atom stereocenters. The molecule has 0 aromatic carbocycles. The number of rotatable bonds is 3. The standard InChI is InChI=1S/C8H8Cl2N4O/c9-7(10)5(15)1-6-13-4-2-11-3-12-8(4)14-6/h2-3,5,7,15H,1H2,(H,11,12,13,14). The lowest BCUT2D eigenvalue weighted by molar-refractivity contribution is 0.187. The zero-order valence-electron chi connectivity index (χ0n) is 7.56. The van der Waals surface area contributed by atoms with Crippen LogP contribution in [0, 0.1) is 0 Å². The van der Waals surface area contributed by atoms with Crippen LogP contribution in [0.5, 0.6) is 0 Å². The van der Waals surface area contributed by atoms with Crippen LogP contribution in [-0.4, -0.2) is 36.0 Å². The lowest BCUT2D eigenvalue weighted by atomic mass is 10.3. The molecule has 1 unspecified atom stereocenters. The Morgan fingerprint density at radius 1 is 1.47 bits per heavy atom. The predicted octanol–water partition coefficient (Wildman–Crippen LogP) is 1.06. The molecule has 2 aromatic heterocycles. The number of fused-ring (bicyclic) bond motifs is 1. The van der Waals surface area contributed by atoms with Crippen molar-refractivity contribution in [3.63, 3.8) is 0 Å². The summed E-state index contributed by atoms with van der Waals surface area (Å²) in [6.45, 7) is 0. The fourth-order valence-corrected chi connectivity index (χ4v) is 1.37. The average Bonchev–Trinajstić information content (AvgIpc) is 2.59. The Balaban J connectivity index is 2.22. The van der Waals surface area contributed by atoms with E-state index in [1.165, 1.54) is 6.33 Å². The number of H-pyrrole nitrogens is 1. The Labute approximate surface area is 95.5 Å². The molecule has 0 aliphatic carbocycles. The van der Waals surface area contributed by atoms with Crippen LogP contribution in [0.2, 0.25) is 0 Å². The smallest absolute Gasteiger partial charge is 0.180 e. The molecule has 0 bridgehead atoms. The minimum atomic E-state index is -0.846. The molecule has 0 saturated carbocycles. The molecule has 2 aromatic rings. The molecule has 0 aliphatic rings. The van der Waals surface area contributed by atoms with Crippen molar-refractivity contribution in [2.45, 2.75) is 17.4 Å². The zero-order valence-corrected chi connectivity index (χ0v) is 9.07. The van der Waals surface area contributed by atoms with Crippen molar-refractivity contribution in [3.8, 4) is 0 Å². The van der Waals surface area contributed by atoms with Crippen LogP contribution in [0.4, 0.5) is 0 Å². The molecule has 2 rings (SSSR count). The van der Waals surface area contributed by atoms with Crippen molar-refractivity contribution in [2.24, 2.45) is 0 Å². The average molecular weight is 247 g/mol. The number of nitrogens with zero attached hydrogens (tertiary/aromatic N) is 3. The Morgan fingerprint density at radius 3 is 2.93 bits per heavy atom. The molecule has 0 fully saturated rings. The molecule has 0 spiro atoms. The number of hydrogen-bond donors (Lipinski definition) is 2. The number of hydrogen-bond acceptors (Lipinski definition) is 4. The minimum Gasteiger partial charge on any atom is -0.390 e. The van der Waals surface area contributed by atoms with Gasteiger partial charge in [-0.25, -0.2) is 15.0 Å². The zero-order chi connectivity index (χ0) is 10.8. The van der Waals surface area contributed by atoms with Gasteiger partial charge in [-0.1, -0.05) is 0 Å². The first-order chi connectivity index (χ1) is 7.16. The summed E-state index contributed by atoms with van der Waals surface area (Å²) in [6.07, 6.45) is 2.44. The van der Waals surface area contributed by atoms with Gasteiger partial charge >= 0.3 is 0 Å². The first kappa shape index (κ1) is 10.6. The fraction of sp³-hybridized carbons (Fsp3) is 0.375. The molecule has 2 N–H and O–H groups in total. The molecule has 0 saturated heterocycles. The van der Waals surface area contributed by atoms with Crippen LogP contribution >= 0.6 is 23.2 Å². The van der Waals surface area contributed by atoms with Gasteiger partial charge in [0.1, 0.15) is 22.5 Å². The molecule has 5 nitrogen and oxygen atoms in total. The van der Waals surface area contributed by atoms with Gasteiger partial charge < -0.3 is 10.1 Å². The molecule has 0 amide bonds. The maximum absolute atomic E-state index is 9.45. The first-order valence-electron chi connectivity index (χ1n) is 4.27. The molecule has 0 aliphatic heterocycles. The molecular formula is C8H8Cl2N4O. The summed E-state index contributed by atoms with van der Waals surface area (Å²) in [7, 11) is 0. The summed E-state index contributed by atoms with van der Waals surface area (Å²) in [5.74, 6) is 0.587. The second-order valence-corrected chi connectivity index (χ2v) is 4.21. The van der Waals surface area contributed by atoms with Gasteiger partial charge in [-0.3, -0.25) is 0 Å². The van der Waals surface area contributed by atoms with Crippen LogP contribution in [-0.2, 0) is 6.42 Å². The van der Waals surface area contributed by atoms with Crippen molar-refractivity contribution >= 4 is 34.4 Å².